The lowest BCUT2D eigenvalue weighted by Gasteiger charge is -2.26. The second-order valence-corrected chi connectivity index (χ2v) is 14.9. The fourth-order valence-corrected chi connectivity index (χ4v) is 7.24. The van der Waals surface area contributed by atoms with Gasteiger partial charge in [0.05, 0.1) is 29.4 Å². The van der Waals surface area contributed by atoms with Crippen molar-refractivity contribution in [3.05, 3.63) is 122 Å². The second kappa shape index (κ2) is 14.7. The number of nitrogens with zero attached hydrogens (tertiary/aromatic N) is 1. The fraction of sp³-hybridized carbons (Fsp3) is 0.297. The summed E-state index contributed by atoms with van der Waals surface area (Å²) in [6.07, 6.45) is 3.04. The van der Waals surface area contributed by atoms with Crippen LogP contribution in [0.5, 0.6) is 5.75 Å². The van der Waals surface area contributed by atoms with Crippen LogP contribution >= 0.6 is 11.6 Å². The third-order valence-corrected chi connectivity index (χ3v) is 10.3. The predicted octanol–water partition coefficient (Wildman–Crippen LogP) is 8.45. The van der Waals surface area contributed by atoms with E-state index in [9.17, 15) is 27.5 Å². The Labute approximate surface area is 301 Å². The van der Waals surface area contributed by atoms with Crippen LogP contribution in [0.1, 0.15) is 82.6 Å². The summed E-state index contributed by atoms with van der Waals surface area (Å²) in [5.74, 6) is -12.5. The smallest absolute Gasteiger partial charge is 0.335 e. The zero-order valence-electron chi connectivity index (χ0n) is 27.6. The molecule has 52 heavy (non-hydrogen) atoms. The maximum atomic E-state index is 15.2. The highest BCUT2D eigenvalue weighted by Gasteiger charge is 2.33. The summed E-state index contributed by atoms with van der Waals surface area (Å²) in [7, 11) is -5.08. The second-order valence-electron chi connectivity index (χ2n) is 12.8. The van der Waals surface area contributed by atoms with Gasteiger partial charge in [0.15, 0.2) is 23.3 Å². The lowest BCUT2D eigenvalue weighted by Crippen LogP contribution is -2.37. The fourth-order valence-electron chi connectivity index (χ4n) is 6.00. The van der Waals surface area contributed by atoms with Crippen molar-refractivity contribution in [2.75, 3.05) is 22.0 Å². The largest absolute Gasteiger partial charge is 0.492 e. The van der Waals surface area contributed by atoms with E-state index in [1.54, 1.807) is 6.92 Å². The van der Waals surface area contributed by atoms with Gasteiger partial charge >= 0.3 is 5.97 Å². The summed E-state index contributed by atoms with van der Waals surface area (Å²) in [5.41, 5.74) is -0.653. The molecular formula is C37H32ClF5N2O6S. The number of carboxylic acid groups (broad SMARTS) is 1. The summed E-state index contributed by atoms with van der Waals surface area (Å²) in [4.78, 5) is 26.7. The minimum atomic E-state index is -5.08. The van der Waals surface area contributed by atoms with E-state index in [1.807, 2.05) is 12.1 Å². The molecule has 8 nitrogen and oxygen atoms in total. The Morgan fingerprint density at radius 2 is 1.50 bits per heavy atom. The van der Waals surface area contributed by atoms with Crippen LogP contribution in [0.4, 0.5) is 33.3 Å². The molecule has 4 aromatic carbocycles. The molecule has 2 fully saturated rings. The van der Waals surface area contributed by atoms with E-state index < -0.39 is 79.4 Å². The van der Waals surface area contributed by atoms with E-state index in [0.717, 1.165) is 53.8 Å². The lowest BCUT2D eigenvalue weighted by molar-refractivity contribution is -0.116. The molecule has 15 heteroatoms. The summed E-state index contributed by atoms with van der Waals surface area (Å²) < 4.78 is 109. The zero-order chi connectivity index (χ0) is 37.5. The first kappa shape index (κ1) is 37.1. The van der Waals surface area contributed by atoms with Crippen LogP contribution < -0.4 is 14.4 Å². The molecule has 2 saturated carbocycles. The molecule has 0 saturated heterocycles. The number of carbonyl (C=O) groups is 2. The number of aromatic carboxylic acids is 1. The minimum Gasteiger partial charge on any atom is -0.492 e. The van der Waals surface area contributed by atoms with Crippen molar-refractivity contribution >= 4 is 44.9 Å². The normalized spacial score (nSPS) is 14.3. The van der Waals surface area contributed by atoms with Crippen molar-refractivity contribution in [1.29, 1.82) is 0 Å². The van der Waals surface area contributed by atoms with E-state index in [-0.39, 0.29) is 35.7 Å². The SMILES string of the molecule is CCOc1cc(C(=O)O)ccc1N(Cc1cc(C2CC2)cc(C2CC2)c1)C(=O)CS(=O)(=O)Nc1c(F)c(F)c(Cc2cccc(Cl)c2F)c(F)c1F. The van der Waals surface area contributed by atoms with Crippen molar-refractivity contribution in [1.82, 2.24) is 0 Å². The number of ether oxygens (including phenoxy) is 1. The first-order valence-electron chi connectivity index (χ1n) is 16.4. The van der Waals surface area contributed by atoms with E-state index in [2.05, 4.69) is 6.07 Å². The topological polar surface area (TPSA) is 113 Å². The van der Waals surface area contributed by atoms with Crippen molar-refractivity contribution in [2.45, 2.75) is 57.4 Å². The number of halogens is 6. The molecule has 2 N–H and O–H groups in total. The third-order valence-electron chi connectivity index (χ3n) is 8.90. The van der Waals surface area contributed by atoms with Crippen LogP contribution in [0.15, 0.2) is 54.6 Å². The van der Waals surface area contributed by atoms with Gasteiger partial charge in [0, 0.05) is 12.0 Å². The predicted molar refractivity (Wildman–Crippen MR) is 184 cm³/mol. The van der Waals surface area contributed by atoms with E-state index in [1.165, 1.54) is 29.0 Å². The highest BCUT2D eigenvalue weighted by atomic mass is 35.5. The summed E-state index contributed by atoms with van der Waals surface area (Å²) in [5, 5.41) is 9.16. The molecule has 0 aliphatic heterocycles. The van der Waals surface area contributed by atoms with Gasteiger partial charge in [0.1, 0.15) is 23.0 Å². The van der Waals surface area contributed by atoms with E-state index >= 15 is 17.6 Å². The molecule has 0 radical (unpaired) electrons. The molecule has 6 rings (SSSR count). The van der Waals surface area contributed by atoms with Crippen LogP contribution in [0.3, 0.4) is 0 Å². The quantitative estimate of drug-likeness (QED) is 0.0985. The lowest BCUT2D eigenvalue weighted by atomic mass is 9.99. The van der Waals surface area contributed by atoms with Gasteiger partial charge in [-0.3, -0.25) is 9.52 Å². The molecule has 0 heterocycles. The van der Waals surface area contributed by atoms with Crippen LogP contribution in [-0.2, 0) is 27.8 Å². The number of amides is 1. The number of nitrogens with one attached hydrogen (secondary N) is 1. The number of hydrogen-bond acceptors (Lipinski definition) is 5. The van der Waals surface area contributed by atoms with Crippen LogP contribution in [0.25, 0.3) is 0 Å². The Hall–Kier alpha value is -4.69. The summed E-state index contributed by atoms with van der Waals surface area (Å²) in [6, 6.07) is 13.1. The van der Waals surface area contributed by atoms with Crippen molar-refractivity contribution < 1.29 is 49.8 Å². The van der Waals surface area contributed by atoms with Gasteiger partial charge in [0.2, 0.25) is 15.9 Å². The third kappa shape index (κ3) is 8.02. The first-order valence-corrected chi connectivity index (χ1v) is 18.4. The number of sulfonamides is 1. The standard InChI is InChI=1S/C37H32ClF5N2O6S/c1-2-51-29-16-23(37(47)48)10-11-28(29)45(17-19-12-24(20-6-7-20)14-25(13-19)21-8-9-21)30(46)18-52(49,50)44-36-34(42)32(40)26(33(41)35(36)43)15-22-4-3-5-27(38)31(22)39/h3-5,10-14,16,20-21,44H,2,6-9,15,17-18H2,1H3,(H,47,48). The molecule has 4 aromatic rings. The summed E-state index contributed by atoms with van der Waals surface area (Å²) in [6.45, 7) is 1.48. The van der Waals surface area contributed by atoms with Gasteiger partial charge in [0.25, 0.3) is 0 Å². The zero-order valence-corrected chi connectivity index (χ0v) is 29.2. The number of rotatable bonds is 14. The molecule has 274 valence electrons. The molecule has 0 spiro atoms. The number of carboxylic acids is 1. The number of hydrogen-bond donors (Lipinski definition) is 2. The van der Waals surface area contributed by atoms with Gasteiger partial charge in [-0.2, -0.15) is 0 Å². The van der Waals surface area contributed by atoms with E-state index in [0.29, 0.717) is 17.4 Å². The van der Waals surface area contributed by atoms with Gasteiger partial charge in [-0.25, -0.2) is 35.2 Å². The summed E-state index contributed by atoms with van der Waals surface area (Å²) >= 11 is 5.71. The maximum Gasteiger partial charge on any atom is 0.335 e. The molecule has 0 unspecified atom stereocenters. The average molecular weight is 763 g/mol. The van der Waals surface area contributed by atoms with Crippen LogP contribution in [-0.4, -0.2) is 37.8 Å². The molecule has 2 aliphatic carbocycles. The monoisotopic (exact) mass is 762 g/mol. The highest BCUT2D eigenvalue weighted by Crippen LogP contribution is 2.46. The Morgan fingerprint density at radius 3 is 2.06 bits per heavy atom. The Morgan fingerprint density at radius 1 is 0.885 bits per heavy atom. The maximum absolute atomic E-state index is 15.2. The van der Waals surface area contributed by atoms with Crippen molar-refractivity contribution in [2.24, 2.45) is 0 Å². The van der Waals surface area contributed by atoms with Crippen LogP contribution in [0.2, 0.25) is 5.02 Å². The highest BCUT2D eigenvalue weighted by molar-refractivity contribution is 7.93. The van der Waals surface area contributed by atoms with Gasteiger partial charge in [-0.1, -0.05) is 41.9 Å². The minimum absolute atomic E-state index is 0.0175. The number of benzene rings is 4. The molecule has 0 bridgehead atoms. The van der Waals surface area contributed by atoms with Gasteiger partial charge < -0.3 is 14.7 Å². The molecular weight excluding hydrogens is 731 g/mol. The molecule has 1 amide bonds. The Bertz CT molecular complexity index is 2130. The number of anilines is 2. The van der Waals surface area contributed by atoms with Crippen LogP contribution in [0, 0.1) is 29.1 Å². The van der Waals surface area contributed by atoms with Crippen molar-refractivity contribution in [3.63, 3.8) is 0 Å². The first-order chi connectivity index (χ1) is 24.7. The molecule has 0 atom stereocenters. The van der Waals surface area contributed by atoms with Gasteiger partial charge in [-0.15, -0.1) is 0 Å². The van der Waals surface area contributed by atoms with Crippen molar-refractivity contribution in [3.8, 4) is 5.75 Å². The Balaban J connectivity index is 1.33. The number of carbonyl (C=O) groups excluding carboxylic acids is 1. The molecule has 2 aliphatic rings. The van der Waals surface area contributed by atoms with E-state index in [4.69, 9.17) is 16.3 Å². The molecule has 0 aromatic heterocycles. The Kier molecular flexibility index (Phi) is 10.5. The van der Waals surface area contributed by atoms with Gasteiger partial charge in [-0.05, 0) is 91.0 Å². The average Bonchev–Trinajstić information content (AvgIpc) is 4.02.